The number of likely N-dealkylation sites (N-methyl/N-ethyl adjacent to an activating group) is 1. The molecule has 0 saturated carbocycles. The number of benzene rings is 1. The van der Waals surface area contributed by atoms with Crippen LogP contribution < -0.4 is 5.32 Å². The Morgan fingerprint density at radius 3 is 2.80 bits per heavy atom. The number of nitrogens with zero attached hydrogens (tertiary/aromatic N) is 2. The van der Waals surface area contributed by atoms with Gasteiger partial charge in [0.15, 0.2) is 0 Å². The molecular formula is C17H29N3. The van der Waals surface area contributed by atoms with E-state index in [9.17, 15) is 0 Å². The molecule has 1 unspecified atom stereocenters. The quantitative estimate of drug-likeness (QED) is 0.768. The maximum absolute atomic E-state index is 3.60. The van der Waals surface area contributed by atoms with Crippen LogP contribution in [-0.2, 0) is 6.54 Å². The van der Waals surface area contributed by atoms with Crippen molar-refractivity contribution in [2.24, 2.45) is 5.92 Å². The summed E-state index contributed by atoms with van der Waals surface area (Å²) in [5.74, 6) is 0.814. The minimum Gasteiger partial charge on any atom is -0.315 e. The van der Waals surface area contributed by atoms with Crippen molar-refractivity contribution in [2.45, 2.75) is 19.4 Å². The van der Waals surface area contributed by atoms with Gasteiger partial charge in [0.05, 0.1) is 0 Å². The average Bonchev–Trinajstić information content (AvgIpc) is 2.45. The van der Waals surface area contributed by atoms with Crippen molar-refractivity contribution in [1.82, 2.24) is 15.1 Å². The largest absolute Gasteiger partial charge is 0.315 e. The molecule has 1 heterocycles. The molecule has 3 nitrogen and oxygen atoms in total. The molecule has 1 aliphatic heterocycles. The van der Waals surface area contributed by atoms with Crippen LogP contribution in [0.5, 0.6) is 0 Å². The van der Waals surface area contributed by atoms with Gasteiger partial charge in [-0.25, -0.2) is 0 Å². The summed E-state index contributed by atoms with van der Waals surface area (Å²) in [4.78, 5) is 4.84. The minimum atomic E-state index is 0.814. The topological polar surface area (TPSA) is 18.5 Å². The molecule has 1 fully saturated rings. The SMILES string of the molecule is CN(C)CCNCC1CCCN(Cc2ccccc2)C1. The Balaban J connectivity index is 1.69. The Kier molecular flexibility index (Phi) is 6.51. The second-order valence-corrected chi connectivity index (χ2v) is 6.24. The molecule has 1 N–H and O–H groups in total. The highest BCUT2D eigenvalue weighted by Crippen LogP contribution is 2.17. The summed E-state index contributed by atoms with van der Waals surface area (Å²) in [7, 11) is 4.26. The van der Waals surface area contributed by atoms with Crippen molar-refractivity contribution >= 4 is 0 Å². The first-order chi connectivity index (χ1) is 9.74. The molecule has 0 radical (unpaired) electrons. The lowest BCUT2D eigenvalue weighted by Crippen LogP contribution is -2.40. The molecule has 0 aromatic heterocycles. The molecule has 0 aliphatic carbocycles. The van der Waals surface area contributed by atoms with Crippen LogP contribution in [0.3, 0.4) is 0 Å². The Labute approximate surface area is 124 Å². The second-order valence-electron chi connectivity index (χ2n) is 6.24. The summed E-state index contributed by atoms with van der Waals surface area (Å²) < 4.78 is 0. The van der Waals surface area contributed by atoms with E-state index in [1.165, 1.54) is 38.0 Å². The summed E-state index contributed by atoms with van der Waals surface area (Å²) in [5, 5.41) is 3.60. The first-order valence-corrected chi connectivity index (χ1v) is 7.86. The lowest BCUT2D eigenvalue weighted by Gasteiger charge is -2.33. The zero-order valence-corrected chi connectivity index (χ0v) is 13.0. The van der Waals surface area contributed by atoms with Gasteiger partial charge in [-0.1, -0.05) is 30.3 Å². The zero-order valence-electron chi connectivity index (χ0n) is 13.0. The normalized spacial score (nSPS) is 20.4. The Hall–Kier alpha value is -0.900. The van der Waals surface area contributed by atoms with E-state index in [4.69, 9.17) is 0 Å². The van der Waals surface area contributed by atoms with Crippen molar-refractivity contribution in [2.75, 3.05) is 46.8 Å². The van der Waals surface area contributed by atoms with E-state index in [0.29, 0.717) is 0 Å². The summed E-state index contributed by atoms with van der Waals surface area (Å²) >= 11 is 0. The van der Waals surface area contributed by atoms with Crippen LogP contribution in [0.4, 0.5) is 0 Å². The van der Waals surface area contributed by atoms with Crippen LogP contribution in [0.15, 0.2) is 30.3 Å². The van der Waals surface area contributed by atoms with Crippen molar-refractivity contribution in [1.29, 1.82) is 0 Å². The fraction of sp³-hybridized carbons (Fsp3) is 0.647. The lowest BCUT2D eigenvalue weighted by molar-refractivity contribution is 0.165. The van der Waals surface area contributed by atoms with Gasteiger partial charge in [0.25, 0.3) is 0 Å². The number of piperidine rings is 1. The minimum absolute atomic E-state index is 0.814. The van der Waals surface area contributed by atoms with Crippen molar-refractivity contribution in [3.63, 3.8) is 0 Å². The highest BCUT2D eigenvalue weighted by Gasteiger charge is 2.19. The summed E-state index contributed by atoms with van der Waals surface area (Å²) in [6.45, 7) is 6.99. The fourth-order valence-electron chi connectivity index (χ4n) is 2.91. The van der Waals surface area contributed by atoms with Gasteiger partial charge in [-0.2, -0.15) is 0 Å². The monoisotopic (exact) mass is 275 g/mol. The maximum atomic E-state index is 3.60. The molecule has 1 atom stereocenters. The Bertz CT molecular complexity index is 364. The summed E-state index contributed by atoms with van der Waals surface area (Å²) in [5.41, 5.74) is 1.44. The van der Waals surface area contributed by atoms with Gasteiger partial charge < -0.3 is 10.2 Å². The first-order valence-electron chi connectivity index (χ1n) is 7.86. The van der Waals surface area contributed by atoms with E-state index < -0.39 is 0 Å². The zero-order chi connectivity index (χ0) is 14.2. The third kappa shape index (κ3) is 5.61. The van der Waals surface area contributed by atoms with Crippen molar-refractivity contribution in [3.8, 4) is 0 Å². The highest BCUT2D eigenvalue weighted by atomic mass is 15.1. The molecule has 0 spiro atoms. The number of likely N-dealkylation sites (tertiary alicyclic amines) is 1. The van der Waals surface area contributed by atoms with Gasteiger partial charge in [-0.15, -0.1) is 0 Å². The van der Waals surface area contributed by atoms with E-state index in [2.05, 4.69) is 59.5 Å². The van der Waals surface area contributed by atoms with Crippen molar-refractivity contribution in [3.05, 3.63) is 35.9 Å². The molecule has 0 amide bonds. The molecule has 0 bridgehead atoms. The first kappa shape index (κ1) is 15.5. The molecule has 20 heavy (non-hydrogen) atoms. The standard InChI is InChI=1S/C17H29N3/c1-19(2)12-10-18-13-17-9-6-11-20(15-17)14-16-7-4-3-5-8-16/h3-5,7-8,17-18H,6,9-15H2,1-2H3. The third-order valence-electron chi connectivity index (χ3n) is 4.02. The van der Waals surface area contributed by atoms with E-state index in [0.717, 1.165) is 25.6 Å². The highest BCUT2D eigenvalue weighted by molar-refractivity contribution is 5.14. The van der Waals surface area contributed by atoms with Gasteiger partial charge in [0.1, 0.15) is 0 Å². The van der Waals surface area contributed by atoms with Crippen LogP contribution in [0, 0.1) is 5.92 Å². The summed E-state index contributed by atoms with van der Waals surface area (Å²) in [6.07, 6.45) is 2.72. The molecule has 112 valence electrons. The van der Waals surface area contributed by atoms with Gasteiger partial charge in [0, 0.05) is 26.2 Å². The number of nitrogens with one attached hydrogen (secondary N) is 1. The van der Waals surface area contributed by atoms with Gasteiger partial charge in [-0.3, -0.25) is 4.90 Å². The smallest absolute Gasteiger partial charge is 0.0233 e. The maximum Gasteiger partial charge on any atom is 0.0233 e. The van der Waals surface area contributed by atoms with E-state index in [-0.39, 0.29) is 0 Å². The number of hydrogen-bond donors (Lipinski definition) is 1. The molecular weight excluding hydrogens is 246 g/mol. The van der Waals surface area contributed by atoms with Gasteiger partial charge in [0.2, 0.25) is 0 Å². The second kappa shape index (κ2) is 8.40. The lowest BCUT2D eigenvalue weighted by atomic mass is 9.97. The predicted molar refractivity (Wildman–Crippen MR) is 85.9 cm³/mol. The predicted octanol–water partition coefficient (Wildman–Crippen LogP) is 2.05. The van der Waals surface area contributed by atoms with E-state index in [1.807, 2.05) is 0 Å². The van der Waals surface area contributed by atoms with Crippen LogP contribution in [0.25, 0.3) is 0 Å². The fourth-order valence-corrected chi connectivity index (χ4v) is 2.91. The molecule has 1 aromatic carbocycles. The van der Waals surface area contributed by atoms with E-state index in [1.54, 1.807) is 0 Å². The average molecular weight is 275 g/mol. The molecule has 1 saturated heterocycles. The summed E-state index contributed by atoms with van der Waals surface area (Å²) in [6, 6.07) is 10.8. The van der Waals surface area contributed by atoms with Crippen LogP contribution in [0.1, 0.15) is 18.4 Å². The number of hydrogen-bond acceptors (Lipinski definition) is 3. The third-order valence-corrected chi connectivity index (χ3v) is 4.02. The van der Waals surface area contributed by atoms with E-state index >= 15 is 0 Å². The van der Waals surface area contributed by atoms with Gasteiger partial charge in [-0.05, 0) is 51.5 Å². The molecule has 1 aliphatic rings. The van der Waals surface area contributed by atoms with Crippen LogP contribution in [0.2, 0.25) is 0 Å². The Morgan fingerprint density at radius 1 is 1.25 bits per heavy atom. The number of rotatable bonds is 7. The van der Waals surface area contributed by atoms with Gasteiger partial charge >= 0.3 is 0 Å². The molecule has 1 aromatic rings. The Morgan fingerprint density at radius 2 is 2.05 bits per heavy atom. The van der Waals surface area contributed by atoms with Crippen LogP contribution >= 0.6 is 0 Å². The van der Waals surface area contributed by atoms with Crippen LogP contribution in [-0.4, -0.2) is 56.6 Å². The van der Waals surface area contributed by atoms with Crippen molar-refractivity contribution < 1.29 is 0 Å². The molecule has 2 rings (SSSR count). The molecule has 3 heteroatoms.